The van der Waals surface area contributed by atoms with Crippen molar-refractivity contribution in [2.45, 2.75) is 44.1 Å². The Morgan fingerprint density at radius 1 is 1.29 bits per heavy atom. The molecular formula is C16H23N5. The molecule has 21 heavy (non-hydrogen) atoms. The first kappa shape index (κ1) is 14.2. The first-order valence-electron chi connectivity index (χ1n) is 7.76. The van der Waals surface area contributed by atoms with E-state index in [-0.39, 0.29) is 5.41 Å². The van der Waals surface area contributed by atoms with E-state index in [4.69, 9.17) is 0 Å². The van der Waals surface area contributed by atoms with Crippen LogP contribution in [0.25, 0.3) is 0 Å². The average molecular weight is 285 g/mol. The molecular weight excluding hydrogens is 262 g/mol. The highest BCUT2D eigenvalue weighted by Gasteiger charge is 2.50. The van der Waals surface area contributed by atoms with Gasteiger partial charge in [-0.3, -0.25) is 0 Å². The second-order valence-corrected chi connectivity index (χ2v) is 5.93. The lowest BCUT2D eigenvalue weighted by molar-refractivity contribution is 0.405. The van der Waals surface area contributed by atoms with Crippen LogP contribution in [0.2, 0.25) is 0 Å². The van der Waals surface area contributed by atoms with Gasteiger partial charge in [-0.15, -0.1) is 10.2 Å². The highest BCUT2D eigenvalue weighted by molar-refractivity contribution is 5.34. The van der Waals surface area contributed by atoms with Gasteiger partial charge in [-0.05, 0) is 36.6 Å². The summed E-state index contributed by atoms with van der Waals surface area (Å²) in [4.78, 5) is 1.54. The summed E-state index contributed by atoms with van der Waals surface area (Å²) in [7, 11) is 1.81. The lowest BCUT2D eigenvalue weighted by atomic mass is 9.86. The molecule has 1 saturated carbocycles. The van der Waals surface area contributed by atoms with E-state index in [1.165, 1.54) is 23.2 Å². The van der Waals surface area contributed by atoms with E-state index >= 15 is 0 Å². The molecule has 1 fully saturated rings. The molecule has 1 aromatic carbocycles. The summed E-state index contributed by atoms with van der Waals surface area (Å²) < 4.78 is 0. The molecule has 1 aliphatic carbocycles. The number of hydrogen-bond donors (Lipinski definition) is 1. The van der Waals surface area contributed by atoms with Crippen molar-refractivity contribution in [3.63, 3.8) is 0 Å². The number of aryl methyl sites for hydroxylation is 1. The van der Waals surface area contributed by atoms with Crippen molar-refractivity contribution < 1.29 is 0 Å². The summed E-state index contributed by atoms with van der Waals surface area (Å²) in [6, 6.07) is 11.2. The van der Waals surface area contributed by atoms with Crippen LogP contribution in [0.15, 0.2) is 30.3 Å². The van der Waals surface area contributed by atoms with Gasteiger partial charge in [0.2, 0.25) is 0 Å². The van der Waals surface area contributed by atoms with Crippen molar-refractivity contribution in [3.05, 3.63) is 41.7 Å². The van der Waals surface area contributed by atoms with E-state index in [1.807, 2.05) is 7.05 Å². The Balaban J connectivity index is 1.82. The molecule has 112 valence electrons. The molecule has 1 N–H and O–H groups in total. The van der Waals surface area contributed by atoms with Crippen LogP contribution >= 0.6 is 0 Å². The zero-order valence-electron chi connectivity index (χ0n) is 12.8. The Labute approximate surface area is 125 Å². The molecule has 1 atom stereocenters. The summed E-state index contributed by atoms with van der Waals surface area (Å²) in [5.74, 6) is 0.827. The van der Waals surface area contributed by atoms with Crippen molar-refractivity contribution in [1.29, 1.82) is 0 Å². The Bertz CT molecular complexity index is 573. The minimum atomic E-state index is 0.246. The molecule has 1 aromatic heterocycles. The maximum Gasteiger partial charge on any atom is 0.176 e. The molecule has 0 bridgehead atoms. The second kappa shape index (κ2) is 5.93. The largest absolute Gasteiger partial charge is 0.313 e. The lowest BCUT2D eigenvalue weighted by Crippen LogP contribution is -2.42. The first-order valence-corrected chi connectivity index (χ1v) is 7.76. The predicted molar refractivity (Wildman–Crippen MR) is 81.9 cm³/mol. The summed E-state index contributed by atoms with van der Waals surface area (Å²) in [5.41, 5.74) is 1.68. The molecule has 1 unspecified atom stereocenters. The van der Waals surface area contributed by atoms with Crippen LogP contribution in [0.4, 0.5) is 0 Å². The number of hydrogen-bond acceptors (Lipinski definition) is 4. The van der Waals surface area contributed by atoms with Gasteiger partial charge in [0.1, 0.15) is 0 Å². The Morgan fingerprint density at radius 3 is 2.62 bits per heavy atom. The number of tetrazole rings is 1. The van der Waals surface area contributed by atoms with Crippen LogP contribution in [0.5, 0.6) is 0 Å². The zero-order valence-corrected chi connectivity index (χ0v) is 12.8. The maximum atomic E-state index is 4.35. The van der Waals surface area contributed by atoms with E-state index in [0.29, 0.717) is 6.04 Å². The highest BCUT2D eigenvalue weighted by atomic mass is 15.6. The molecule has 0 saturated heterocycles. The SMILES string of the molecule is CCCNC(Cc1nnn(C)n1)C1(c2ccccc2)CC1. The molecule has 1 aliphatic rings. The quantitative estimate of drug-likeness (QED) is 0.843. The molecule has 1 heterocycles. The fraction of sp³-hybridized carbons (Fsp3) is 0.562. The summed E-state index contributed by atoms with van der Waals surface area (Å²) in [6.45, 7) is 3.23. The first-order chi connectivity index (χ1) is 10.2. The van der Waals surface area contributed by atoms with E-state index in [0.717, 1.165) is 25.2 Å². The Hall–Kier alpha value is -1.75. The molecule has 0 radical (unpaired) electrons. The predicted octanol–water partition coefficient (Wildman–Crippen LogP) is 1.85. The van der Waals surface area contributed by atoms with Crippen LogP contribution in [-0.4, -0.2) is 32.8 Å². The van der Waals surface area contributed by atoms with E-state index < -0.39 is 0 Å². The van der Waals surface area contributed by atoms with Gasteiger partial charge in [0.05, 0.1) is 7.05 Å². The van der Waals surface area contributed by atoms with E-state index in [2.05, 4.69) is 58.0 Å². The fourth-order valence-corrected chi connectivity index (χ4v) is 3.11. The van der Waals surface area contributed by atoms with Crippen molar-refractivity contribution in [1.82, 2.24) is 25.5 Å². The van der Waals surface area contributed by atoms with Gasteiger partial charge in [0.15, 0.2) is 5.82 Å². The monoisotopic (exact) mass is 285 g/mol. The van der Waals surface area contributed by atoms with E-state index in [1.54, 1.807) is 0 Å². The van der Waals surface area contributed by atoms with Crippen LogP contribution < -0.4 is 5.32 Å². The average Bonchev–Trinajstić information content (AvgIpc) is 3.22. The van der Waals surface area contributed by atoms with Gasteiger partial charge in [-0.25, -0.2) is 0 Å². The van der Waals surface area contributed by atoms with Gasteiger partial charge in [-0.1, -0.05) is 37.3 Å². The third-order valence-electron chi connectivity index (χ3n) is 4.38. The number of aromatic nitrogens is 4. The Morgan fingerprint density at radius 2 is 2.05 bits per heavy atom. The third kappa shape index (κ3) is 2.97. The smallest absolute Gasteiger partial charge is 0.176 e. The number of nitrogens with zero attached hydrogens (tertiary/aromatic N) is 4. The molecule has 0 spiro atoms. The standard InChI is InChI=1S/C16H23N5/c1-3-11-17-14(12-15-18-20-21(2)19-15)16(9-10-16)13-7-5-4-6-8-13/h4-8,14,17H,3,9-12H2,1-2H3. The van der Waals surface area contributed by atoms with Gasteiger partial charge in [0, 0.05) is 17.9 Å². The van der Waals surface area contributed by atoms with Crippen LogP contribution in [-0.2, 0) is 18.9 Å². The number of benzene rings is 1. The second-order valence-electron chi connectivity index (χ2n) is 5.93. The molecule has 0 aliphatic heterocycles. The maximum absolute atomic E-state index is 4.35. The van der Waals surface area contributed by atoms with Gasteiger partial charge in [0.25, 0.3) is 0 Å². The molecule has 5 nitrogen and oxygen atoms in total. The van der Waals surface area contributed by atoms with Gasteiger partial charge >= 0.3 is 0 Å². The molecule has 3 rings (SSSR count). The minimum Gasteiger partial charge on any atom is -0.313 e. The number of rotatable bonds is 7. The third-order valence-corrected chi connectivity index (χ3v) is 4.38. The summed E-state index contributed by atoms with van der Waals surface area (Å²) in [6.07, 6.45) is 4.44. The van der Waals surface area contributed by atoms with Crippen LogP contribution in [0.3, 0.4) is 0 Å². The van der Waals surface area contributed by atoms with Gasteiger partial charge < -0.3 is 5.32 Å². The van der Waals surface area contributed by atoms with Crippen LogP contribution in [0.1, 0.15) is 37.6 Å². The van der Waals surface area contributed by atoms with Crippen molar-refractivity contribution in [3.8, 4) is 0 Å². The summed E-state index contributed by atoms with van der Waals surface area (Å²) >= 11 is 0. The van der Waals surface area contributed by atoms with E-state index in [9.17, 15) is 0 Å². The van der Waals surface area contributed by atoms with Crippen molar-refractivity contribution in [2.75, 3.05) is 6.54 Å². The summed E-state index contributed by atoms with van der Waals surface area (Å²) in [5, 5.41) is 16.2. The normalized spacial score (nSPS) is 17.6. The molecule has 5 heteroatoms. The zero-order chi connectivity index (χ0) is 14.7. The Kier molecular flexibility index (Phi) is 4.01. The highest BCUT2D eigenvalue weighted by Crippen LogP contribution is 2.51. The minimum absolute atomic E-state index is 0.246. The molecule has 2 aromatic rings. The van der Waals surface area contributed by atoms with Crippen molar-refractivity contribution >= 4 is 0 Å². The van der Waals surface area contributed by atoms with Crippen LogP contribution in [0, 0.1) is 0 Å². The van der Waals surface area contributed by atoms with Crippen molar-refractivity contribution in [2.24, 2.45) is 7.05 Å². The lowest BCUT2D eigenvalue weighted by Gasteiger charge is -2.28. The fourth-order valence-electron chi connectivity index (χ4n) is 3.11. The molecule has 0 amide bonds. The van der Waals surface area contributed by atoms with Gasteiger partial charge in [-0.2, -0.15) is 4.80 Å². The topological polar surface area (TPSA) is 55.6 Å². The number of nitrogens with one attached hydrogen (secondary N) is 1.